The van der Waals surface area contributed by atoms with E-state index in [9.17, 15) is 9.59 Å². The topological polar surface area (TPSA) is 67.9 Å². The van der Waals surface area contributed by atoms with Gasteiger partial charge in [-0.1, -0.05) is 31.4 Å². The number of anilines is 1. The number of nitrogens with zero attached hydrogens (tertiary/aromatic N) is 1. The van der Waals surface area contributed by atoms with Crippen LogP contribution in [0.25, 0.3) is 0 Å². The summed E-state index contributed by atoms with van der Waals surface area (Å²) in [6.45, 7) is 0.520. The Hall–Kier alpha value is -2.24. The number of fused-ring (bicyclic) bond motifs is 1. The Morgan fingerprint density at radius 1 is 1.25 bits per heavy atom. The second-order valence-electron chi connectivity index (χ2n) is 6.38. The molecular formula is C18H24N2O4. The van der Waals surface area contributed by atoms with Crippen LogP contribution in [0, 0.1) is 0 Å². The van der Waals surface area contributed by atoms with Gasteiger partial charge in [-0.2, -0.15) is 0 Å². The van der Waals surface area contributed by atoms with Gasteiger partial charge in [0.05, 0.1) is 25.9 Å². The van der Waals surface area contributed by atoms with Crippen molar-refractivity contribution in [2.24, 2.45) is 0 Å². The summed E-state index contributed by atoms with van der Waals surface area (Å²) < 4.78 is 10.5. The molecule has 6 nitrogen and oxygen atoms in total. The molecule has 0 spiro atoms. The first-order chi connectivity index (χ1) is 11.7. The molecule has 0 unspecified atom stereocenters. The molecular weight excluding hydrogens is 308 g/mol. The van der Waals surface area contributed by atoms with Crippen LogP contribution in [-0.4, -0.2) is 44.2 Å². The number of methoxy groups -OCH3 is 1. The summed E-state index contributed by atoms with van der Waals surface area (Å²) in [5.41, 5.74) is 0.830. The lowest BCUT2D eigenvalue weighted by atomic mass is 9.95. The van der Waals surface area contributed by atoms with E-state index < -0.39 is 12.1 Å². The van der Waals surface area contributed by atoms with Crippen LogP contribution in [0.4, 0.5) is 5.69 Å². The van der Waals surface area contributed by atoms with Gasteiger partial charge in [0.25, 0.3) is 0 Å². The first-order valence-corrected chi connectivity index (χ1v) is 8.55. The summed E-state index contributed by atoms with van der Waals surface area (Å²) in [7, 11) is 1.34. The fourth-order valence-corrected chi connectivity index (χ4v) is 3.40. The second kappa shape index (κ2) is 7.55. The van der Waals surface area contributed by atoms with Crippen LogP contribution in [0.15, 0.2) is 24.3 Å². The zero-order valence-corrected chi connectivity index (χ0v) is 14.0. The third-order valence-electron chi connectivity index (χ3n) is 4.63. The number of rotatable bonds is 4. The highest BCUT2D eigenvalue weighted by Crippen LogP contribution is 2.33. The highest BCUT2D eigenvalue weighted by atomic mass is 16.6. The van der Waals surface area contributed by atoms with Crippen molar-refractivity contribution in [1.82, 2.24) is 5.32 Å². The third kappa shape index (κ3) is 3.80. The number of ether oxygens (including phenoxy) is 2. The minimum Gasteiger partial charge on any atom is -0.475 e. The Balaban J connectivity index is 1.68. The van der Waals surface area contributed by atoms with Gasteiger partial charge in [0.2, 0.25) is 12.0 Å². The first kappa shape index (κ1) is 16.6. The largest absolute Gasteiger partial charge is 0.475 e. The summed E-state index contributed by atoms with van der Waals surface area (Å²) in [6, 6.07) is 7.72. The molecule has 130 valence electrons. The molecule has 1 aliphatic carbocycles. The van der Waals surface area contributed by atoms with Gasteiger partial charge < -0.3 is 19.7 Å². The van der Waals surface area contributed by atoms with Crippen LogP contribution in [0.2, 0.25) is 0 Å². The lowest BCUT2D eigenvalue weighted by Gasteiger charge is -2.35. The van der Waals surface area contributed by atoms with Crippen LogP contribution < -0.4 is 15.0 Å². The summed E-state index contributed by atoms with van der Waals surface area (Å²) in [5, 5.41) is 3.12. The Morgan fingerprint density at radius 3 is 2.75 bits per heavy atom. The molecule has 1 aromatic carbocycles. The summed E-state index contributed by atoms with van der Waals surface area (Å²) >= 11 is 0. The summed E-state index contributed by atoms with van der Waals surface area (Å²) in [5.74, 6) is 0.161. The SMILES string of the molecule is COC(=O)[C@@H]1CN(CC(=O)NC2CCCCC2)c2ccccc2O1. The average molecular weight is 332 g/mol. The quantitative estimate of drug-likeness (QED) is 0.853. The Morgan fingerprint density at radius 2 is 2.00 bits per heavy atom. The summed E-state index contributed by atoms with van der Waals surface area (Å²) in [6.07, 6.45) is 4.99. The monoisotopic (exact) mass is 332 g/mol. The molecule has 0 saturated heterocycles. The van der Waals surface area contributed by atoms with Crippen molar-refractivity contribution < 1.29 is 19.1 Å². The standard InChI is InChI=1S/C18H24N2O4/c1-23-18(22)16-11-20(14-9-5-6-10-15(14)24-16)12-17(21)19-13-7-3-2-4-8-13/h5-6,9-10,13,16H,2-4,7-8,11-12H2,1H3,(H,19,21)/t16-/m0/s1. The van der Waals surface area contributed by atoms with Crippen LogP contribution in [0.1, 0.15) is 32.1 Å². The minimum atomic E-state index is -0.715. The van der Waals surface area contributed by atoms with Gasteiger partial charge in [0.1, 0.15) is 5.75 Å². The molecule has 1 aliphatic heterocycles. The van der Waals surface area contributed by atoms with E-state index in [4.69, 9.17) is 9.47 Å². The number of carbonyl (C=O) groups is 2. The van der Waals surface area contributed by atoms with Crippen molar-refractivity contribution >= 4 is 17.6 Å². The molecule has 1 fully saturated rings. The lowest BCUT2D eigenvalue weighted by Crippen LogP contribution is -2.49. The molecule has 6 heteroatoms. The van der Waals surface area contributed by atoms with E-state index in [1.54, 1.807) is 6.07 Å². The van der Waals surface area contributed by atoms with Crippen LogP contribution in [0.3, 0.4) is 0 Å². The highest BCUT2D eigenvalue weighted by molar-refractivity contribution is 5.84. The smallest absolute Gasteiger partial charge is 0.348 e. The maximum absolute atomic E-state index is 12.4. The van der Waals surface area contributed by atoms with Gasteiger partial charge in [-0.05, 0) is 25.0 Å². The number of nitrogens with one attached hydrogen (secondary N) is 1. The van der Waals surface area contributed by atoms with Crippen molar-refractivity contribution in [2.75, 3.05) is 25.1 Å². The predicted octanol–water partition coefficient (Wildman–Crippen LogP) is 1.88. The van der Waals surface area contributed by atoms with Gasteiger partial charge in [-0.25, -0.2) is 4.79 Å². The molecule has 1 N–H and O–H groups in total. The molecule has 1 heterocycles. The molecule has 1 aromatic rings. The molecule has 1 saturated carbocycles. The zero-order chi connectivity index (χ0) is 16.9. The van der Waals surface area contributed by atoms with Crippen molar-refractivity contribution in [2.45, 2.75) is 44.2 Å². The number of benzene rings is 1. The predicted molar refractivity (Wildman–Crippen MR) is 90.1 cm³/mol. The van der Waals surface area contributed by atoms with E-state index in [2.05, 4.69) is 5.32 Å². The fourth-order valence-electron chi connectivity index (χ4n) is 3.40. The Bertz CT molecular complexity index is 598. The molecule has 2 aliphatic rings. The van der Waals surface area contributed by atoms with Crippen molar-refractivity contribution in [3.63, 3.8) is 0 Å². The number of para-hydroxylation sites is 2. The fraction of sp³-hybridized carbons (Fsp3) is 0.556. The van der Waals surface area contributed by atoms with Crippen LogP contribution >= 0.6 is 0 Å². The van der Waals surface area contributed by atoms with Crippen LogP contribution in [0.5, 0.6) is 5.75 Å². The van der Waals surface area contributed by atoms with Gasteiger partial charge in [-0.15, -0.1) is 0 Å². The third-order valence-corrected chi connectivity index (χ3v) is 4.63. The highest BCUT2D eigenvalue weighted by Gasteiger charge is 2.32. The van der Waals surface area contributed by atoms with E-state index in [0.717, 1.165) is 18.5 Å². The molecule has 3 rings (SSSR count). The Kier molecular flexibility index (Phi) is 5.23. The van der Waals surface area contributed by atoms with E-state index in [1.165, 1.54) is 26.4 Å². The van der Waals surface area contributed by atoms with Crippen LogP contribution in [-0.2, 0) is 14.3 Å². The van der Waals surface area contributed by atoms with E-state index in [1.807, 2.05) is 23.1 Å². The van der Waals surface area contributed by atoms with E-state index in [-0.39, 0.29) is 18.5 Å². The lowest BCUT2D eigenvalue weighted by molar-refractivity contribution is -0.148. The van der Waals surface area contributed by atoms with Crippen molar-refractivity contribution in [3.05, 3.63) is 24.3 Å². The van der Waals surface area contributed by atoms with Gasteiger partial charge in [0, 0.05) is 6.04 Å². The van der Waals surface area contributed by atoms with E-state index >= 15 is 0 Å². The maximum Gasteiger partial charge on any atom is 0.348 e. The van der Waals surface area contributed by atoms with Gasteiger partial charge in [-0.3, -0.25) is 4.79 Å². The summed E-state index contributed by atoms with van der Waals surface area (Å²) in [4.78, 5) is 26.2. The number of esters is 1. The second-order valence-corrected chi connectivity index (χ2v) is 6.38. The van der Waals surface area contributed by atoms with Crippen molar-refractivity contribution in [3.8, 4) is 5.75 Å². The minimum absolute atomic E-state index is 0.0118. The van der Waals surface area contributed by atoms with Gasteiger partial charge in [0.15, 0.2) is 0 Å². The number of hydrogen-bond donors (Lipinski definition) is 1. The molecule has 24 heavy (non-hydrogen) atoms. The van der Waals surface area contributed by atoms with Gasteiger partial charge >= 0.3 is 5.97 Å². The van der Waals surface area contributed by atoms with Crippen molar-refractivity contribution in [1.29, 1.82) is 0 Å². The number of carbonyl (C=O) groups excluding carboxylic acids is 2. The molecule has 1 amide bonds. The number of hydrogen-bond acceptors (Lipinski definition) is 5. The average Bonchev–Trinajstić information content (AvgIpc) is 2.61. The molecule has 0 aromatic heterocycles. The molecule has 0 radical (unpaired) electrons. The molecule has 0 bridgehead atoms. The maximum atomic E-state index is 12.4. The van der Waals surface area contributed by atoms with E-state index in [0.29, 0.717) is 12.3 Å². The Labute approximate surface area is 142 Å². The zero-order valence-electron chi connectivity index (χ0n) is 14.0. The number of amides is 1. The normalized spacial score (nSPS) is 20.7. The first-order valence-electron chi connectivity index (χ1n) is 8.55. The molecule has 1 atom stereocenters.